The number of rotatable bonds is 5. The van der Waals surface area contributed by atoms with Crippen LogP contribution in [0.5, 0.6) is 0 Å². The van der Waals surface area contributed by atoms with Crippen LogP contribution >= 0.6 is 9.24 Å². The quantitative estimate of drug-likeness (QED) is 0.468. The molecule has 0 aliphatic carbocycles. The zero-order chi connectivity index (χ0) is 14.5. The fourth-order valence-corrected chi connectivity index (χ4v) is 2.55. The summed E-state index contributed by atoms with van der Waals surface area (Å²) < 4.78 is 0. The van der Waals surface area contributed by atoms with E-state index in [4.69, 9.17) is 0 Å². The Kier molecular flexibility index (Phi) is 7.40. The molecule has 0 saturated carbocycles. The number of aryl methyl sites for hydroxylation is 1. The van der Waals surface area contributed by atoms with E-state index in [2.05, 4.69) is 28.3 Å². The molecule has 0 aliphatic heterocycles. The second kappa shape index (κ2) is 8.55. The van der Waals surface area contributed by atoms with Crippen molar-refractivity contribution < 1.29 is 25.1 Å². The first-order valence-electron chi connectivity index (χ1n) is 7.03. The summed E-state index contributed by atoms with van der Waals surface area (Å²) in [6, 6.07) is 16.2. The summed E-state index contributed by atoms with van der Waals surface area (Å²) in [5.41, 5.74) is 4.57. The van der Waals surface area contributed by atoms with Crippen molar-refractivity contribution in [2.75, 3.05) is 0 Å². The maximum absolute atomic E-state index is 12.6. The van der Waals surface area contributed by atoms with Crippen LogP contribution in [0.2, 0.25) is 0 Å². The molecule has 21 heavy (non-hydrogen) atoms. The van der Waals surface area contributed by atoms with E-state index in [0.717, 1.165) is 28.7 Å². The minimum atomic E-state index is 0. The SMILES string of the molecule is Cc1cccc(-c2ccccc2)c1C(=O)CCC(C)P.[H-].[Li+]. The van der Waals surface area contributed by atoms with Gasteiger partial charge < -0.3 is 1.43 Å². The summed E-state index contributed by atoms with van der Waals surface area (Å²) in [7, 11) is 2.76. The summed E-state index contributed by atoms with van der Waals surface area (Å²) in [6.07, 6.45) is 1.52. The molecule has 0 amide bonds. The maximum Gasteiger partial charge on any atom is 1.00 e. The first-order valence-corrected chi connectivity index (χ1v) is 7.70. The van der Waals surface area contributed by atoms with Gasteiger partial charge >= 0.3 is 18.9 Å². The van der Waals surface area contributed by atoms with Crippen LogP contribution in [0.3, 0.4) is 0 Å². The average Bonchev–Trinajstić information content (AvgIpc) is 2.45. The largest absolute Gasteiger partial charge is 1.00 e. The van der Waals surface area contributed by atoms with Crippen molar-refractivity contribution in [3.05, 3.63) is 59.7 Å². The van der Waals surface area contributed by atoms with Gasteiger partial charge in [-0.05, 0) is 35.7 Å². The van der Waals surface area contributed by atoms with Crippen molar-refractivity contribution in [3.8, 4) is 11.1 Å². The normalized spacial score (nSPS) is 11.6. The fraction of sp³-hybridized carbons (Fsp3) is 0.278. The van der Waals surface area contributed by atoms with Gasteiger partial charge in [-0.2, -0.15) is 0 Å². The molecule has 0 bridgehead atoms. The van der Waals surface area contributed by atoms with Crippen LogP contribution in [0, 0.1) is 6.92 Å². The summed E-state index contributed by atoms with van der Waals surface area (Å²) in [5.74, 6) is 0.247. The van der Waals surface area contributed by atoms with E-state index in [1.54, 1.807) is 0 Å². The molecule has 2 aromatic rings. The van der Waals surface area contributed by atoms with E-state index in [1.165, 1.54) is 0 Å². The minimum Gasteiger partial charge on any atom is -1.00 e. The van der Waals surface area contributed by atoms with E-state index >= 15 is 0 Å². The Hall–Kier alpha value is -0.863. The third-order valence-electron chi connectivity index (χ3n) is 3.46. The van der Waals surface area contributed by atoms with Crippen LogP contribution in [0.15, 0.2) is 48.5 Å². The van der Waals surface area contributed by atoms with E-state index in [9.17, 15) is 4.79 Å². The predicted molar refractivity (Wildman–Crippen MR) is 90.5 cm³/mol. The molecule has 2 unspecified atom stereocenters. The summed E-state index contributed by atoms with van der Waals surface area (Å²) in [6.45, 7) is 4.14. The molecule has 0 aliphatic rings. The Bertz CT molecular complexity index is 599. The molecule has 0 radical (unpaired) electrons. The Morgan fingerprint density at radius 3 is 2.43 bits per heavy atom. The molecule has 0 aromatic heterocycles. The molecule has 2 rings (SSSR count). The van der Waals surface area contributed by atoms with Crippen LogP contribution in [0.1, 0.15) is 37.1 Å². The molecule has 0 N–H and O–H groups in total. The van der Waals surface area contributed by atoms with Gasteiger partial charge in [0.15, 0.2) is 5.78 Å². The Balaban J connectivity index is 0.00000220. The number of ketones is 1. The van der Waals surface area contributed by atoms with Crippen molar-refractivity contribution in [1.82, 2.24) is 0 Å². The van der Waals surface area contributed by atoms with Gasteiger partial charge in [0.25, 0.3) is 0 Å². The van der Waals surface area contributed by atoms with Crippen LogP contribution in [-0.4, -0.2) is 11.4 Å². The molecule has 3 heteroatoms. The molecule has 106 valence electrons. The number of hydrogen-bond acceptors (Lipinski definition) is 1. The number of benzene rings is 2. The smallest absolute Gasteiger partial charge is 1.00 e. The Morgan fingerprint density at radius 1 is 1.14 bits per heavy atom. The van der Waals surface area contributed by atoms with Crippen molar-refractivity contribution in [1.29, 1.82) is 0 Å². The molecule has 0 heterocycles. The predicted octanol–water partition coefficient (Wildman–Crippen LogP) is 2.01. The van der Waals surface area contributed by atoms with Gasteiger partial charge in [-0.3, -0.25) is 4.79 Å². The van der Waals surface area contributed by atoms with E-state index < -0.39 is 0 Å². The minimum absolute atomic E-state index is 0. The van der Waals surface area contributed by atoms with E-state index in [0.29, 0.717) is 12.1 Å². The summed E-state index contributed by atoms with van der Waals surface area (Å²) in [5, 5.41) is 0. The van der Waals surface area contributed by atoms with Crippen molar-refractivity contribution in [2.45, 2.75) is 32.3 Å². The fourth-order valence-electron chi connectivity index (χ4n) is 2.38. The van der Waals surface area contributed by atoms with Crippen LogP contribution in [-0.2, 0) is 0 Å². The summed E-state index contributed by atoms with van der Waals surface area (Å²) >= 11 is 0. The molecule has 0 saturated heterocycles. The van der Waals surface area contributed by atoms with Gasteiger partial charge in [0.05, 0.1) is 0 Å². The molecule has 0 spiro atoms. The van der Waals surface area contributed by atoms with Crippen LogP contribution < -0.4 is 18.9 Å². The molecule has 2 atom stereocenters. The second-order valence-corrected chi connectivity index (χ2v) is 6.44. The topological polar surface area (TPSA) is 17.1 Å². The van der Waals surface area contributed by atoms with E-state index in [-0.39, 0.29) is 26.1 Å². The van der Waals surface area contributed by atoms with Gasteiger partial charge in [0.1, 0.15) is 0 Å². The summed E-state index contributed by atoms with van der Waals surface area (Å²) in [4.78, 5) is 12.6. The van der Waals surface area contributed by atoms with Crippen LogP contribution in [0.4, 0.5) is 0 Å². The van der Waals surface area contributed by atoms with Gasteiger partial charge in [0.2, 0.25) is 0 Å². The molecule has 1 nitrogen and oxygen atoms in total. The molecular formula is C18H22LiOP. The van der Waals surface area contributed by atoms with Crippen LogP contribution in [0.25, 0.3) is 11.1 Å². The third-order valence-corrected chi connectivity index (χ3v) is 3.80. The first kappa shape index (κ1) is 18.2. The second-order valence-electron chi connectivity index (χ2n) is 5.30. The van der Waals surface area contributed by atoms with Crippen molar-refractivity contribution >= 4 is 15.0 Å². The van der Waals surface area contributed by atoms with Gasteiger partial charge in [0, 0.05) is 12.0 Å². The number of carbonyl (C=O) groups is 1. The third kappa shape index (κ3) is 4.82. The molecular weight excluding hydrogens is 270 g/mol. The van der Waals surface area contributed by atoms with Gasteiger partial charge in [-0.1, -0.05) is 55.5 Å². The standard InChI is InChI=1S/C18H21OP.Li.H/c1-13-7-6-10-16(15-8-4-3-5-9-15)18(13)17(19)12-11-14(2)20;;/h3-10,14H,11-12,20H2,1-2H3;;/q;+1;-1. The Labute approximate surface area is 143 Å². The number of hydrogen-bond donors (Lipinski definition) is 0. The maximum atomic E-state index is 12.6. The number of carbonyl (C=O) groups excluding carboxylic acids is 1. The molecule has 0 fully saturated rings. The zero-order valence-electron chi connectivity index (χ0n) is 14.1. The van der Waals surface area contributed by atoms with Crippen molar-refractivity contribution in [2.24, 2.45) is 0 Å². The number of Topliss-reactive ketones (excluding diaryl/α,β-unsaturated/α-hetero) is 1. The van der Waals surface area contributed by atoms with Crippen molar-refractivity contribution in [3.63, 3.8) is 0 Å². The zero-order valence-corrected chi connectivity index (χ0v) is 14.3. The van der Waals surface area contributed by atoms with Gasteiger partial charge in [-0.25, -0.2) is 0 Å². The first-order chi connectivity index (χ1) is 9.59. The Morgan fingerprint density at radius 2 is 1.81 bits per heavy atom. The average molecular weight is 292 g/mol. The molecule has 2 aromatic carbocycles. The monoisotopic (exact) mass is 292 g/mol. The van der Waals surface area contributed by atoms with E-state index in [1.807, 2.05) is 43.3 Å². The van der Waals surface area contributed by atoms with Gasteiger partial charge in [-0.15, -0.1) is 9.24 Å².